The molecule has 0 unspecified atom stereocenters. The van der Waals surface area contributed by atoms with Gasteiger partial charge in [-0.15, -0.1) is 0 Å². The highest BCUT2D eigenvalue weighted by atomic mass is 32.1. The molecule has 3 heterocycles. The number of halogens is 5. The minimum Gasteiger partial charge on any atom is -0.447 e. The van der Waals surface area contributed by atoms with Crippen LogP contribution in [0, 0.1) is 29.1 Å². The van der Waals surface area contributed by atoms with Gasteiger partial charge in [0.2, 0.25) is 34.8 Å². The largest absolute Gasteiger partial charge is 0.447 e. The fourth-order valence-electron chi connectivity index (χ4n) is 3.71. The average Bonchev–Trinajstić information content (AvgIpc) is 3.31. The second kappa shape index (κ2) is 7.99. The van der Waals surface area contributed by atoms with E-state index in [0.29, 0.717) is 0 Å². The summed E-state index contributed by atoms with van der Waals surface area (Å²) in [6.07, 6.45) is -4.36. The van der Waals surface area contributed by atoms with E-state index in [-0.39, 0.29) is 6.61 Å². The van der Waals surface area contributed by atoms with E-state index in [1.807, 2.05) is 0 Å². The van der Waals surface area contributed by atoms with Crippen molar-refractivity contribution in [3.63, 3.8) is 0 Å². The second-order valence-corrected chi connectivity index (χ2v) is 8.60. The maximum absolute atomic E-state index is 13.9. The third-order valence-electron chi connectivity index (χ3n) is 5.01. The Labute approximate surface area is 184 Å². The predicted molar refractivity (Wildman–Crippen MR) is 97.9 cm³/mol. The Bertz CT molecular complexity index is 914. The first kappa shape index (κ1) is 23.5. The first-order valence-corrected chi connectivity index (χ1v) is 9.93. The van der Waals surface area contributed by atoms with E-state index in [1.165, 1.54) is 0 Å². The lowest BCUT2D eigenvalue weighted by Gasteiger charge is -2.29. The summed E-state index contributed by atoms with van der Waals surface area (Å²) < 4.78 is 107. The van der Waals surface area contributed by atoms with Gasteiger partial charge in [-0.3, -0.25) is 0 Å². The molecule has 0 saturated carbocycles. The lowest BCUT2D eigenvalue weighted by molar-refractivity contribution is -0.231. The normalized spacial score (nSPS) is 32.7. The molecule has 3 saturated heterocycles. The van der Waals surface area contributed by atoms with Crippen LogP contribution in [0.4, 0.5) is 22.0 Å². The summed E-state index contributed by atoms with van der Waals surface area (Å²) in [4.78, 5) is 0. The Morgan fingerprint density at radius 3 is 2.00 bits per heavy atom. The van der Waals surface area contributed by atoms with Gasteiger partial charge in [-0.2, -0.15) is 8.78 Å². The Balaban J connectivity index is 1.56. The summed E-state index contributed by atoms with van der Waals surface area (Å²) in [7, 11) is 0. The van der Waals surface area contributed by atoms with Crippen molar-refractivity contribution in [1.82, 2.24) is 0 Å². The van der Waals surface area contributed by atoms with Gasteiger partial charge in [0.1, 0.15) is 12.2 Å². The van der Waals surface area contributed by atoms with Crippen molar-refractivity contribution in [2.75, 3.05) is 6.61 Å². The van der Waals surface area contributed by atoms with Gasteiger partial charge in [0.25, 0.3) is 0 Å². The minimum absolute atomic E-state index is 0.117. The third-order valence-corrected chi connectivity index (χ3v) is 5.19. The van der Waals surface area contributed by atoms with Crippen LogP contribution in [-0.2, 0) is 28.4 Å². The summed E-state index contributed by atoms with van der Waals surface area (Å²) in [6, 6.07) is 0. The molecule has 3 aliphatic rings. The lowest BCUT2D eigenvalue weighted by atomic mass is 10.1. The van der Waals surface area contributed by atoms with Crippen molar-refractivity contribution in [2.24, 2.45) is 0 Å². The van der Waals surface area contributed by atoms with Crippen LogP contribution in [0.2, 0.25) is 0 Å². The van der Waals surface area contributed by atoms with Gasteiger partial charge in [0.15, 0.2) is 30.1 Å². The zero-order chi connectivity index (χ0) is 23.6. The zero-order valence-corrected chi connectivity index (χ0v) is 18.1. The molecule has 13 heteroatoms. The van der Waals surface area contributed by atoms with E-state index >= 15 is 0 Å². The van der Waals surface area contributed by atoms with Crippen LogP contribution in [0.5, 0.6) is 5.75 Å². The van der Waals surface area contributed by atoms with E-state index < -0.39 is 82.4 Å². The number of ether oxygens (including phenoxy) is 7. The van der Waals surface area contributed by atoms with Crippen LogP contribution in [0.25, 0.3) is 0 Å². The second-order valence-electron chi connectivity index (χ2n) is 8.27. The molecule has 0 bridgehead atoms. The zero-order valence-electron chi connectivity index (χ0n) is 17.2. The molecule has 0 amide bonds. The monoisotopic (exact) mass is 486 g/mol. The summed E-state index contributed by atoms with van der Waals surface area (Å²) in [6.45, 7) is 6.74. The Morgan fingerprint density at radius 2 is 1.44 bits per heavy atom. The molecule has 32 heavy (non-hydrogen) atoms. The molecule has 178 valence electrons. The highest BCUT2D eigenvalue weighted by molar-refractivity contribution is 7.79. The summed E-state index contributed by atoms with van der Waals surface area (Å²) in [5, 5.41) is -0.918. The summed E-state index contributed by atoms with van der Waals surface area (Å²) in [5.41, 5.74) is 0. The molecule has 0 spiro atoms. The van der Waals surface area contributed by atoms with Crippen LogP contribution in [-0.4, -0.2) is 54.1 Å². The maximum Gasteiger partial charge on any atom is 0.358 e. The predicted octanol–water partition coefficient (Wildman–Crippen LogP) is 3.46. The molecule has 0 aliphatic carbocycles. The van der Waals surface area contributed by atoms with Crippen LogP contribution in [0.1, 0.15) is 27.7 Å². The highest BCUT2D eigenvalue weighted by Crippen LogP contribution is 2.42. The third kappa shape index (κ3) is 4.17. The summed E-state index contributed by atoms with van der Waals surface area (Å²) in [5.74, 6) is -14.6. The number of benzene rings is 1. The molecule has 0 N–H and O–H groups in total. The minimum atomic E-state index is -2.33. The molecule has 4 rings (SSSR count). The molecular weight excluding hydrogens is 467 g/mol. The smallest absolute Gasteiger partial charge is 0.358 e. The number of hydrogen-bond acceptors (Lipinski definition) is 8. The van der Waals surface area contributed by atoms with Gasteiger partial charge < -0.3 is 33.2 Å². The van der Waals surface area contributed by atoms with Crippen molar-refractivity contribution < 1.29 is 55.1 Å². The first-order chi connectivity index (χ1) is 14.8. The number of rotatable bonds is 3. The van der Waals surface area contributed by atoms with Crippen LogP contribution in [0.3, 0.4) is 0 Å². The Kier molecular flexibility index (Phi) is 5.87. The maximum atomic E-state index is 13.9. The van der Waals surface area contributed by atoms with Crippen molar-refractivity contribution in [2.45, 2.75) is 70.0 Å². The fraction of sp³-hybridized carbons (Fsp3) is 0.632. The summed E-state index contributed by atoms with van der Waals surface area (Å²) >= 11 is 4.86. The SMILES string of the molecule is CC1(C)O[C@H]2O[C@H]([C@H]3COC(C)(C)O3)[C@H](OC(=S)Oc3c(F)c(F)c(F)c(F)c3F)[C@H]2O1. The van der Waals surface area contributed by atoms with Gasteiger partial charge in [0, 0.05) is 12.2 Å². The van der Waals surface area contributed by atoms with E-state index in [0.717, 1.165) is 0 Å². The Morgan fingerprint density at radius 1 is 0.844 bits per heavy atom. The highest BCUT2D eigenvalue weighted by Gasteiger charge is 2.60. The quantitative estimate of drug-likeness (QED) is 0.279. The number of fused-ring (bicyclic) bond motifs is 1. The van der Waals surface area contributed by atoms with Crippen molar-refractivity contribution in [1.29, 1.82) is 0 Å². The van der Waals surface area contributed by atoms with Gasteiger partial charge in [-0.05, 0) is 27.7 Å². The van der Waals surface area contributed by atoms with E-state index in [4.69, 9.17) is 45.4 Å². The standard InChI is InChI=1S/C19H19F5O7S/c1-18(2)25-5-6(29-18)12-14(15-16(26-12)31-19(3,4)30-15)28-17(32)27-13-10(23)8(21)7(20)9(22)11(13)24/h6,12,14-16H,5H2,1-4H3/t6-,12-,14+,15-,16-/m1/s1. The van der Waals surface area contributed by atoms with Crippen molar-refractivity contribution in [3.05, 3.63) is 29.1 Å². The number of thiocarbonyl (C=S) groups is 1. The topological polar surface area (TPSA) is 64.6 Å². The molecule has 0 aromatic heterocycles. The van der Waals surface area contributed by atoms with Gasteiger partial charge in [-0.1, -0.05) is 0 Å². The number of hydrogen-bond donors (Lipinski definition) is 0. The molecule has 1 aromatic rings. The van der Waals surface area contributed by atoms with E-state index in [9.17, 15) is 22.0 Å². The first-order valence-electron chi connectivity index (χ1n) is 9.52. The van der Waals surface area contributed by atoms with Crippen LogP contribution >= 0.6 is 12.2 Å². The molecular formula is C19H19F5O7S. The van der Waals surface area contributed by atoms with Crippen LogP contribution < -0.4 is 4.74 Å². The molecule has 3 aliphatic heterocycles. The van der Waals surface area contributed by atoms with E-state index in [2.05, 4.69) is 0 Å². The molecule has 3 fully saturated rings. The van der Waals surface area contributed by atoms with E-state index in [1.54, 1.807) is 27.7 Å². The fourth-order valence-corrected chi connectivity index (χ4v) is 3.90. The Hall–Kier alpha value is -1.64. The van der Waals surface area contributed by atoms with Crippen LogP contribution in [0.15, 0.2) is 0 Å². The van der Waals surface area contributed by atoms with Gasteiger partial charge >= 0.3 is 5.24 Å². The molecule has 5 atom stereocenters. The molecule has 0 radical (unpaired) electrons. The molecule has 7 nitrogen and oxygen atoms in total. The van der Waals surface area contributed by atoms with Crippen molar-refractivity contribution >= 4 is 17.5 Å². The lowest BCUT2D eigenvalue weighted by Crippen LogP contribution is -2.45. The van der Waals surface area contributed by atoms with Gasteiger partial charge in [-0.25, -0.2) is 13.2 Å². The average molecular weight is 486 g/mol. The van der Waals surface area contributed by atoms with Crippen molar-refractivity contribution in [3.8, 4) is 5.75 Å². The van der Waals surface area contributed by atoms with Gasteiger partial charge in [0.05, 0.1) is 6.61 Å². The molecule has 1 aromatic carbocycles.